The third kappa shape index (κ3) is 3.14. The number of esters is 1. The molecule has 0 bridgehead atoms. The number of aliphatic hydroxyl groups is 1. The van der Waals surface area contributed by atoms with E-state index in [0.29, 0.717) is 0 Å². The van der Waals surface area contributed by atoms with Crippen LogP contribution in [0.3, 0.4) is 0 Å². The van der Waals surface area contributed by atoms with Crippen molar-refractivity contribution in [1.82, 2.24) is 4.98 Å². The molecule has 1 aromatic heterocycles. The molecular formula is C10H13NO3. The Balaban J connectivity index is 2.58. The average Bonchev–Trinajstić information content (AvgIpc) is 2.20. The van der Waals surface area contributed by atoms with Crippen LogP contribution in [0.25, 0.3) is 0 Å². The van der Waals surface area contributed by atoms with Gasteiger partial charge in [0.05, 0.1) is 12.5 Å². The Hall–Kier alpha value is -1.42. The van der Waals surface area contributed by atoms with E-state index in [1.165, 1.54) is 6.92 Å². The maximum Gasteiger partial charge on any atom is 0.302 e. The molecule has 1 atom stereocenters. The average molecular weight is 195 g/mol. The molecule has 0 aromatic carbocycles. The summed E-state index contributed by atoms with van der Waals surface area (Å²) in [6.07, 6.45) is 1.64. The minimum absolute atomic E-state index is 0.0791. The molecule has 1 aromatic rings. The molecule has 0 aliphatic rings. The van der Waals surface area contributed by atoms with E-state index >= 15 is 0 Å². The van der Waals surface area contributed by atoms with Gasteiger partial charge in [-0.25, -0.2) is 0 Å². The highest BCUT2D eigenvalue weighted by Crippen LogP contribution is 2.12. The largest absolute Gasteiger partial charge is 0.465 e. The van der Waals surface area contributed by atoms with Crippen LogP contribution in [0.4, 0.5) is 0 Å². The first kappa shape index (κ1) is 10.7. The van der Waals surface area contributed by atoms with Crippen LogP contribution >= 0.6 is 0 Å². The molecule has 0 aliphatic carbocycles. The maximum atomic E-state index is 10.6. The minimum Gasteiger partial charge on any atom is -0.465 e. The topological polar surface area (TPSA) is 59.4 Å². The number of hydrogen-bond acceptors (Lipinski definition) is 4. The van der Waals surface area contributed by atoms with Gasteiger partial charge in [-0.1, -0.05) is 6.07 Å². The van der Waals surface area contributed by atoms with Crippen molar-refractivity contribution >= 4 is 5.97 Å². The van der Waals surface area contributed by atoms with Gasteiger partial charge in [-0.3, -0.25) is 9.78 Å². The van der Waals surface area contributed by atoms with Crippen molar-refractivity contribution in [2.24, 2.45) is 0 Å². The molecule has 0 aliphatic heterocycles. The molecule has 0 saturated heterocycles. The van der Waals surface area contributed by atoms with Gasteiger partial charge in [0.2, 0.25) is 0 Å². The van der Waals surface area contributed by atoms with Crippen LogP contribution in [0.15, 0.2) is 24.4 Å². The number of nitrogens with zero attached hydrogens (tertiary/aromatic N) is 1. The molecule has 4 heteroatoms. The number of aliphatic hydroxyl groups excluding tert-OH is 1. The van der Waals surface area contributed by atoms with Crippen molar-refractivity contribution in [3.05, 3.63) is 30.1 Å². The zero-order chi connectivity index (χ0) is 10.4. The second-order valence-corrected chi connectivity index (χ2v) is 2.94. The fourth-order valence-corrected chi connectivity index (χ4v) is 1.07. The van der Waals surface area contributed by atoms with Crippen molar-refractivity contribution in [1.29, 1.82) is 0 Å². The number of ether oxygens (including phenoxy) is 1. The van der Waals surface area contributed by atoms with Gasteiger partial charge < -0.3 is 9.84 Å². The first-order valence-electron chi connectivity index (χ1n) is 4.39. The van der Waals surface area contributed by atoms with Crippen molar-refractivity contribution in [3.8, 4) is 0 Å². The normalized spacial score (nSPS) is 12.1. The van der Waals surface area contributed by atoms with Crippen LogP contribution in [0, 0.1) is 0 Å². The molecule has 1 rings (SSSR count). The Kier molecular flexibility index (Phi) is 4.07. The number of hydrogen-bond donors (Lipinski definition) is 1. The first-order valence-corrected chi connectivity index (χ1v) is 4.39. The lowest BCUT2D eigenvalue weighted by Gasteiger charge is -2.12. The first-order chi connectivity index (χ1) is 6.74. The van der Waals surface area contributed by atoms with Crippen LogP contribution in [-0.2, 0) is 9.53 Å². The van der Waals surface area contributed by atoms with E-state index in [2.05, 4.69) is 4.98 Å². The Morgan fingerprint density at radius 3 is 2.93 bits per heavy atom. The molecule has 1 N–H and O–H groups in total. The summed E-state index contributed by atoms with van der Waals surface area (Å²) in [5.41, 5.74) is 0.733. The van der Waals surface area contributed by atoms with Gasteiger partial charge in [-0.15, -0.1) is 0 Å². The van der Waals surface area contributed by atoms with Crippen LogP contribution < -0.4 is 0 Å². The van der Waals surface area contributed by atoms with E-state index in [1.807, 2.05) is 6.07 Å². The van der Waals surface area contributed by atoms with Crippen molar-refractivity contribution in [2.75, 3.05) is 13.2 Å². The third-order valence-corrected chi connectivity index (χ3v) is 1.81. The highest BCUT2D eigenvalue weighted by molar-refractivity contribution is 5.65. The van der Waals surface area contributed by atoms with Crippen LogP contribution in [0.5, 0.6) is 0 Å². The van der Waals surface area contributed by atoms with Crippen LogP contribution in [0.2, 0.25) is 0 Å². The van der Waals surface area contributed by atoms with Gasteiger partial charge in [-0.2, -0.15) is 0 Å². The summed E-state index contributed by atoms with van der Waals surface area (Å²) >= 11 is 0. The Morgan fingerprint density at radius 2 is 2.43 bits per heavy atom. The summed E-state index contributed by atoms with van der Waals surface area (Å²) in [6, 6.07) is 5.42. The number of carbonyl (C=O) groups excluding carboxylic acids is 1. The zero-order valence-corrected chi connectivity index (χ0v) is 8.01. The van der Waals surface area contributed by atoms with Gasteiger partial charge in [0, 0.05) is 18.8 Å². The summed E-state index contributed by atoms with van der Waals surface area (Å²) in [7, 11) is 0. The highest BCUT2D eigenvalue weighted by Gasteiger charge is 2.12. The van der Waals surface area contributed by atoms with Gasteiger partial charge in [0.1, 0.15) is 6.61 Å². The molecule has 0 unspecified atom stereocenters. The summed E-state index contributed by atoms with van der Waals surface area (Å²) < 4.78 is 4.81. The van der Waals surface area contributed by atoms with E-state index in [0.717, 1.165) is 5.69 Å². The van der Waals surface area contributed by atoms with Crippen molar-refractivity contribution < 1.29 is 14.6 Å². The van der Waals surface area contributed by atoms with E-state index < -0.39 is 0 Å². The molecular weight excluding hydrogens is 182 g/mol. The van der Waals surface area contributed by atoms with Crippen molar-refractivity contribution in [3.63, 3.8) is 0 Å². The number of carbonyl (C=O) groups is 1. The Bertz CT molecular complexity index is 287. The molecule has 0 spiro atoms. The summed E-state index contributed by atoms with van der Waals surface area (Å²) in [5, 5.41) is 9.06. The molecule has 0 amide bonds. The fraction of sp³-hybridized carbons (Fsp3) is 0.400. The standard InChI is InChI=1S/C10H13NO3/c1-8(13)14-7-9(6-12)10-4-2-3-5-11-10/h2-5,9,12H,6-7H2,1H3/t9-/m1/s1. The second-order valence-electron chi connectivity index (χ2n) is 2.94. The molecule has 76 valence electrons. The van der Waals surface area contributed by atoms with E-state index in [1.54, 1.807) is 18.3 Å². The lowest BCUT2D eigenvalue weighted by molar-refractivity contribution is -0.141. The van der Waals surface area contributed by atoms with Gasteiger partial charge in [0.25, 0.3) is 0 Å². The highest BCUT2D eigenvalue weighted by atomic mass is 16.5. The predicted octanol–water partition coefficient (Wildman–Crippen LogP) is 0.721. The molecule has 4 nitrogen and oxygen atoms in total. The third-order valence-electron chi connectivity index (χ3n) is 1.81. The monoisotopic (exact) mass is 195 g/mol. The van der Waals surface area contributed by atoms with Gasteiger partial charge in [-0.05, 0) is 12.1 Å². The summed E-state index contributed by atoms with van der Waals surface area (Å²) in [5.74, 6) is -0.584. The van der Waals surface area contributed by atoms with Gasteiger partial charge >= 0.3 is 5.97 Å². The number of pyridine rings is 1. The van der Waals surface area contributed by atoms with Crippen molar-refractivity contribution in [2.45, 2.75) is 12.8 Å². The van der Waals surface area contributed by atoms with E-state index in [4.69, 9.17) is 9.84 Å². The second kappa shape index (κ2) is 5.34. The summed E-state index contributed by atoms with van der Waals surface area (Å²) in [6.45, 7) is 1.43. The molecule has 0 saturated carbocycles. The Labute approximate surface area is 82.5 Å². The smallest absolute Gasteiger partial charge is 0.302 e. The molecule has 14 heavy (non-hydrogen) atoms. The molecule has 1 heterocycles. The number of aromatic nitrogens is 1. The van der Waals surface area contributed by atoms with E-state index in [9.17, 15) is 4.79 Å². The number of rotatable bonds is 4. The maximum absolute atomic E-state index is 10.6. The lowest BCUT2D eigenvalue weighted by atomic mass is 10.1. The summed E-state index contributed by atoms with van der Waals surface area (Å²) in [4.78, 5) is 14.6. The van der Waals surface area contributed by atoms with Crippen LogP contribution in [-0.4, -0.2) is 29.3 Å². The van der Waals surface area contributed by atoms with E-state index in [-0.39, 0.29) is 25.1 Å². The predicted molar refractivity (Wildman–Crippen MR) is 50.7 cm³/mol. The Morgan fingerprint density at radius 1 is 1.64 bits per heavy atom. The molecule has 0 radical (unpaired) electrons. The zero-order valence-electron chi connectivity index (χ0n) is 8.01. The van der Waals surface area contributed by atoms with Gasteiger partial charge in [0.15, 0.2) is 0 Å². The fourth-order valence-electron chi connectivity index (χ4n) is 1.07. The lowest BCUT2D eigenvalue weighted by Crippen LogP contribution is -2.15. The molecule has 0 fully saturated rings. The minimum atomic E-state index is -0.348. The SMILES string of the molecule is CC(=O)OC[C@@H](CO)c1ccccn1. The quantitative estimate of drug-likeness (QED) is 0.719. The van der Waals surface area contributed by atoms with Crippen LogP contribution in [0.1, 0.15) is 18.5 Å².